The molecule has 0 radical (unpaired) electrons. The van der Waals surface area contributed by atoms with Crippen LogP contribution in [-0.4, -0.2) is 36.9 Å². The number of carbonyl (C=O) groups excluding carboxylic acids is 1. The molecule has 0 spiro atoms. The Morgan fingerprint density at radius 3 is 2.54 bits per heavy atom. The van der Waals surface area contributed by atoms with Gasteiger partial charge in [0.15, 0.2) is 5.16 Å². The van der Waals surface area contributed by atoms with Gasteiger partial charge in [-0.15, -0.1) is 10.2 Å². The molecule has 0 atom stereocenters. The summed E-state index contributed by atoms with van der Waals surface area (Å²) in [4.78, 5) is 12.0. The van der Waals surface area contributed by atoms with Crippen molar-refractivity contribution in [1.82, 2.24) is 24.5 Å². The summed E-state index contributed by atoms with van der Waals surface area (Å²) >= 11 is 7.40. The number of carbonyl (C=O) groups is 1. The van der Waals surface area contributed by atoms with E-state index in [9.17, 15) is 4.79 Å². The van der Waals surface area contributed by atoms with Crippen molar-refractivity contribution >= 4 is 46.1 Å². The average Bonchev–Trinajstić information content (AvgIpc) is 3.21. The summed E-state index contributed by atoms with van der Waals surface area (Å²) in [5, 5.41) is 13.1. The summed E-state index contributed by atoms with van der Waals surface area (Å²) in [5.41, 5.74) is 3.21. The Labute approximate surface area is 171 Å². The molecule has 1 N–H and O–H groups in total. The Balaban J connectivity index is 1.71. The molecule has 8 heteroatoms. The highest BCUT2D eigenvalue weighted by Gasteiger charge is 2.18. The van der Waals surface area contributed by atoms with Crippen LogP contribution in [0.4, 0.5) is 0 Å². The van der Waals surface area contributed by atoms with Crippen molar-refractivity contribution in [1.29, 1.82) is 0 Å². The number of thioether (sulfide) groups is 1. The second-order valence-corrected chi connectivity index (χ2v) is 8.21. The Morgan fingerprint density at radius 2 is 1.82 bits per heavy atom. The maximum atomic E-state index is 12.0. The van der Waals surface area contributed by atoms with E-state index in [1.54, 1.807) is 0 Å². The van der Waals surface area contributed by atoms with Crippen LogP contribution in [0.3, 0.4) is 0 Å². The highest BCUT2D eigenvalue weighted by molar-refractivity contribution is 7.99. The molecule has 0 unspecified atom stereocenters. The largest absolute Gasteiger partial charge is 0.353 e. The number of para-hydroxylation sites is 2. The number of amides is 1. The predicted octanol–water partition coefficient (Wildman–Crippen LogP) is 4.00. The number of nitrogens with zero attached hydrogens (tertiary/aromatic N) is 4. The second kappa shape index (κ2) is 7.85. The standard InChI is InChI=1S/C20H20ClN5OS/c1-13(2)22-18(27)12-28-20-24-23-19-25(11-14-7-9-15(21)10-8-14)16-5-3-4-6-17(16)26(19)20/h3-10,13H,11-12H2,1-2H3,(H,22,27). The van der Waals surface area contributed by atoms with Crippen molar-refractivity contribution in [3.63, 3.8) is 0 Å². The van der Waals surface area contributed by atoms with Crippen LogP contribution < -0.4 is 5.32 Å². The first kappa shape index (κ1) is 18.8. The van der Waals surface area contributed by atoms with Gasteiger partial charge in [-0.3, -0.25) is 9.20 Å². The van der Waals surface area contributed by atoms with Crippen LogP contribution in [-0.2, 0) is 11.3 Å². The number of hydrogen-bond acceptors (Lipinski definition) is 4. The van der Waals surface area contributed by atoms with Crippen LogP contribution in [0, 0.1) is 0 Å². The fourth-order valence-corrected chi connectivity index (χ4v) is 4.03. The quantitative estimate of drug-likeness (QED) is 0.485. The maximum Gasteiger partial charge on any atom is 0.237 e. The number of halogens is 1. The van der Waals surface area contributed by atoms with Crippen molar-refractivity contribution in [2.24, 2.45) is 0 Å². The maximum absolute atomic E-state index is 12.0. The Kier molecular flexibility index (Phi) is 5.28. The molecule has 28 heavy (non-hydrogen) atoms. The number of rotatable bonds is 6. The first-order valence-corrected chi connectivity index (χ1v) is 10.4. The van der Waals surface area contributed by atoms with Crippen molar-refractivity contribution in [3.05, 3.63) is 59.1 Å². The van der Waals surface area contributed by atoms with E-state index in [1.165, 1.54) is 11.8 Å². The minimum atomic E-state index is -0.0124. The topological polar surface area (TPSA) is 64.2 Å². The Bertz CT molecular complexity index is 1130. The molecule has 2 aromatic carbocycles. The van der Waals surface area contributed by atoms with Gasteiger partial charge in [-0.1, -0.05) is 47.6 Å². The van der Waals surface area contributed by atoms with Crippen LogP contribution in [0.5, 0.6) is 0 Å². The van der Waals surface area contributed by atoms with Gasteiger partial charge in [0.2, 0.25) is 11.7 Å². The molecular weight excluding hydrogens is 394 g/mol. The monoisotopic (exact) mass is 413 g/mol. The van der Waals surface area contributed by atoms with Gasteiger partial charge < -0.3 is 9.88 Å². The molecule has 144 valence electrons. The first-order chi connectivity index (χ1) is 13.5. The summed E-state index contributed by atoms with van der Waals surface area (Å²) in [6.07, 6.45) is 0. The highest BCUT2D eigenvalue weighted by atomic mass is 35.5. The van der Waals surface area contributed by atoms with Gasteiger partial charge in [-0.2, -0.15) is 0 Å². The van der Waals surface area contributed by atoms with Gasteiger partial charge in [0.25, 0.3) is 0 Å². The zero-order valence-corrected chi connectivity index (χ0v) is 17.2. The summed E-state index contributed by atoms with van der Waals surface area (Å²) in [7, 11) is 0. The number of hydrogen-bond donors (Lipinski definition) is 1. The third kappa shape index (κ3) is 3.72. The SMILES string of the molecule is CC(C)NC(=O)CSc1nnc2n(Cc3ccc(Cl)cc3)c3ccccc3n12. The molecule has 6 nitrogen and oxygen atoms in total. The lowest BCUT2D eigenvalue weighted by Crippen LogP contribution is -2.31. The zero-order chi connectivity index (χ0) is 19.7. The molecule has 4 rings (SSSR count). The molecule has 0 aliphatic rings. The lowest BCUT2D eigenvalue weighted by atomic mass is 10.2. The molecule has 4 aromatic rings. The molecule has 0 saturated carbocycles. The van der Waals surface area contributed by atoms with E-state index in [0.29, 0.717) is 22.5 Å². The van der Waals surface area contributed by atoms with Crippen molar-refractivity contribution in [2.45, 2.75) is 31.6 Å². The average molecular weight is 414 g/mol. The molecule has 1 amide bonds. The zero-order valence-electron chi connectivity index (χ0n) is 15.6. The van der Waals surface area contributed by atoms with E-state index >= 15 is 0 Å². The number of aromatic nitrogens is 4. The highest BCUT2D eigenvalue weighted by Crippen LogP contribution is 2.26. The van der Waals surface area contributed by atoms with Gasteiger partial charge in [0, 0.05) is 11.1 Å². The molecule has 0 bridgehead atoms. The van der Waals surface area contributed by atoms with E-state index < -0.39 is 0 Å². The van der Waals surface area contributed by atoms with Gasteiger partial charge in [-0.25, -0.2) is 0 Å². The van der Waals surface area contributed by atoms with E-state index in [-0.39, 0.29) is 11.9 Å². The lowest BCUT2D eigenvalue weighted by molar-refractivity contribution is -0.119. The van der Waals surface area contributed by atoms with E-state index in [4.69, 9.17) is 11.6 Å². The first-order valence-electron chi connectivity index (χ1n) is 9.02. The molecule has 0 aliphatic heterocycles. The molecule has 2 aromatic heterocycles. The number of fused-ring (bicyclic) bond motifs is 3. The van der Waals surface area contributed by atoms with Gasteiger partial charge >= 0.3 is 0 Å². The summed E-state index contributed by atoms with van der Waals surface area (Å²) in [5.74, 6) is 1.04. The normalized spacial score (nSPS) is 11.6. The molecule has 2 heterocycles. The Hall–Kier alpha value is -2.51. The fraction of sp³-hybridized carbons (Fsp3) is 0.250. The summed E-state index contributed by atoms with van der Waals surface area (Å²) in [6.45, 7) is 4.55. The van der Waals surface area contributed by atoms with E-state index in [0.717, 1.165) is 22.4 Å². The minimum absolute atomic E-state index is 0.0124. The van der Waals surface area contributed by atoms with Crippen LogP contribution >= 0.6 is 23.4 Å². The molecule has 0 saturated heterocycles. The number of nitrogens with one attached hydrogen (secondary N) is 1. The van der Waals surface area contributed by atoms with Crippen LogP contribution in [0.2, 0.25) is 5.02 Å². The fourth-order valence-electron chi connectivity index (χ4n) is 3.15. The third-order valence-corrected chi connectivity index (χ3v) is 5.49. The Morgan fingerprint density at radius 1 is 1.11 bits per heavy atom. The van der Waals surface area contributed by atoms with E-state index in [1.807, 2.05) is 60.7 Å². The molecule has 0 aliphatic carbocycles. The van der Waals surface area contributed by atoms with Gasteiger partial charge in [0.05, 0.1) is 23.3 Å². The predicted molar refractivity (Wildman–Crippen MR) is 113 cm³/mol. The van der Waals surface area contributed by atoms with Gasteiger partial charge in [0.1, 0.15) is 0 Å². The third-order valence-electron chi connectivity index (χ3n) is 4.31. The minimum Gasteiger partial charge on any atom is -0.353 e. The van der Waals surface area contributed by atoms with Crippen molar-refractivity contribution < 1.29 is 4.79 Å². The number of benzene rings is 2. The smallest absolute Gasteiger partial charge is 0.237 e. The van der Waals surface area contributed by atoms with Crippen molar-refractivity contribution in [2.75, 3.05) is 5.75 Å². The van der Waals surface area contributed by atoms with Crippen LogP contribution in [0.25, 0.3) is 16.8 Å². The lowest BCUT2D eigenvalue weighted by Gasteiger charge is -2.06. The summed E-state index contributed by atoms with van der Waals surface area (Å²) in [6, 6.07) is 16.0. The van der Waals surface area contributed by atoms with Gasteiger partial charge in [-0.05, 0) is 43.7 Å². The van der Waals surface area contributed by atoms with Crippen molar-refractivity contribution in [3.8, 4) is 0 Å². The number of imidazole rings is 1. The second-order valence-electron chi connectivity index (χ2n) is 6.83. The molecule has 0 fully saturated rings. The summed E-state index contributed by atoms with van der Waals surface area (Å²) < 4.78 is 4.14. The van der Waals surface area contributed by atoms with Crippen LogP contribution in [0.1, 0.15) is 19.4 Å². The van der Waals surface area contributed by atoms with E-state index in [2.05, 4.69) is 26.1 Å². The molecular formula is C20H20ClN5OS. The van der Waals surface area contributed by atoms with Crippen LogP contribution in [0.15, 0.2) is 53.7 Å².